The zero-order chi connectivity index (χ0) is 19.6. The Morgan fingerprint density at radius 3 is 2.48 bits per heavy atom. The predicted octanol–water partition coefficient (Wildman–Crippen LogP) is 0.928. The third-order valence-electron chi connectivity index (χ3n) is 4.35. The predicted molar refractivity (Wildman–Crippen MR) is 98.9 cm³/mol. The number of benzene rings is 1. The van der Waals surface area contributed by atoms with Crippen molar-refractivity contribution in [3.63, 3.8) is 0 Å². The maximum atomic E-state index is 12.5. The number of ether oxygens (including phenoxy) is 4. The largest absolute Gasteiger partial charge is 0.493 e. The molecule has 8 heteroatoms. The Kier molecular flexibility index (Phi) is 8.35. The van der Waals surface area contributed by atoms with E-state index in [2.05, 4.69) is 4.90 Å². The minimum Gasteiger partial charge on any atom is -0.493 e. The van der Waals surface area contributed by atoms with E-state index in [0.717, 1.165) is 18.7 Å². The first-order valence-corrected chi connectivity index (χ1v) is 9.06. The fraction of sp³-hybridized carbons (Fsp3) is 0.579. The number of carbonyl (C=O) groups excluding carboxylic acids is 2. The molecule has 1 aromatic carbocycles. The van der Waals surface area contributed by atoms with E-state index in [1.54, 1.807) is 33.3 Å². The maximum absolute atomic E-state index is 12.5. The van der Waals surface area contributed by atoms with Gasteiger partial charge in [0.05, 0.1) is 34.0 Å². The molecule has 0 aliphatic carbocycles. The van der Waals surface area contributed by atoms with E-state index < -0.39 is 11.9 Å². The second-order valence-corrected chi connectivity index (χ2v) is 6.09. The number of esters is 1. The number of morpholine rings is 1. The quantitative estimate of drug-likeness (QED) is 0.490. The lowest BCUT2D eigenvalue weighted by Crippen LogP contribution is -2.44. The Bertz CT molecular complexity index is 631. The van der Waals surface area contributed by atoms with Gasteiger partial charge in [-0.1, -0.05) is 6.07 Å². The third-order valence-corrected chi connectivity index (χ3v) is 4.35. The van der Waals surface area contributed by atoms with Crippen molar-refractivity contribution in [1.29, 1.82) is 0 Å². The van der Waals surface area contributed by atoms with Crippen molar-refractivity contribution in [1.82, 2.24) is 9.80 Å². The van der Waals surface area contributed by atoms with Crippen molar-refractivity contribution in [3.05, 3.63) is 23.8 Å². The Labute approximate surface area is 159 Å². The third kappa shape index (κ3) is 6.11. The number of hydrogen-bond donors (Lipinski definition) is 0. The summed E-state index contributed by atoms with van der Waals surface area (Å²) in [6, 6.07) is 5.43. The average molecular weight is 380 g/mol. The fourth-order valence-electron chi connectivity index (χ4n) is 2.86. The van der Waals surface area contributed by atoms with E-state index in [1.165, 1.54) is 4.90 Å². The van der Waals surface area contributed by atoms with Gasteiger partial charge in [-0.25, -0.2) is 4.79 Å². The summed E-state index contributed by atoms with van der Waals surface area (Å²) in [5.74, 6) is -0.288. The van der Waals surface area contributed by atoms with Crippen molar-refractivity contribution in [2.75, 3.05) is 60.2 Å². The van der Waals surface area contributed by atoms with Gasteiger partial charge in [0.25, 0.3) is 0 Å². The minimum absolute atomic E-state index is 0.165. The molecule has 0 radical (unpaired) electrons. The van der Waals surface area contributed by atoms with Crippen LogP contribution >= 0.6 is 0 Å². The van der Waals surface area contributed by atoms with Gasteiger partial charge in [0.1, 0.15) is 0 Å². The van der Waals surface area contributed by atoms with E-state index >= 15 is 0 Å². The van der Waals surface area contributed by atoms with Gasteiger partial charge in [-0.15, -0.1) is 0 Å². The van der Waals surface area contributed by atoms with Gasteiger partial charge in [-0.2, -0.15) is 0 Å². The number of methoxy groups -OCH3 is 2. The van der Waals surface area contributed by atoms with Gasteiger partial charge in [-0.05, 0) is 24.6 Å². The van der Waals surface area contributed by atoms with Gasteiger partial charge in [-0.3, -0.25) is 9.69 Å². The molecule has 0 spiro atoms. The van der Waals surface area contributed by atoms with Crippen LogP contribution in [0.1, 0.15) is 12.5 Å². The second kappa shape index (κ2) is 10.7. The van der Waals surface area contributed by atoms with E-state index in [1.807, 2.05) is 6.07 Å². The Morgan fingerprint density at radius 2 is 1.85 bits per heavy atom. The zero-order valence-corrected chi connectivity index (χ0v) is 16.2. The molecule has 0 saturated carbocycles. The number of rotatable bonds is 8. The second-order valence-electron chi connectivity index (χ2n) is 6.09. The van der Waals surface area contributed by atoms with Gasteiger partial charge in [0.2, 0.25) is 0 Å². The standard InChI is InChI=1S/C19H28N2O6/c1-4-27-19(23)18(22)21(8-7-20-9-11-26-12-10-20)14-15-5-6-16(24-2)17(13-15)25-3/h5-6,13H,4,7-12,14H2,1-3H3. The monoisotopic (exact) mass is 380 g/mol. The summed E-state index contributed by atoms with van der Waals surface area (Å²) in [6.07, 6.45) is 0. The Balaban J connectivity index is 2.10. The van der Waals surface area contributed by atoms with Crippen LogP contribution in [-0.2, 0) is 25.6 Å². The van der Waals surface area contributed by atoms with Crippen LogP contribution in [0.2, 0.25) is 0 Å². The number of amides is 1. The summed E-state index contributed by atoms with van der Waals surface area (Å²) >= 11 is 0. The summed E-state index contributed by atoms with van der Waals surface area (Å²) in [7, 11) is 3.12. The van der Waals surface area contributed by atoms with Crippen LogP contribution in [0.3, 0.4) is 0 Å². The van der Waals surface area contributed by atoms with Crippen LogP contribution in [-0.4, -0.2) is 81.9 Å². The first-order valence-electron chi connectivity index (χ1n) is 9.06. The van der Waals surface area contributed by atoms with Crippen LogP contribution in [0.15, 0.2) is 18.2 Å². The van der Waals surface area contributed by atoms with Gasteiger partial charge >= 0.3 is 11.9 Å². The first-order chi connectivity index (χ1) is 13.1. The van der Waals surface area contributed by atoms with Gasteiger partial charge in [0, 0.05) is 32.7 Å². The van der Waals surface area contributed by atoms with Crippen LogP contribution in [0, 0.1) is 0 Å². The SMILES string of the molecule is CCOC(=O)C(=O)N(CCN1CCOCC1)Cc1ccc(OC)c(OC)c1. The molecule has 0 aromatic heterocycles. The first kappa shape index (κ1) is 21.0. The molecule has 1 saturated heterocycles. The van der Waals surface area contributed by atoms with E-state index in [0.29, 0.717) is 37.8 Å². The van der Waals surface area contributed by atoms with E-state index in [4.69, 9.17) is 18.9 Å². The van der Waals surface area contributed by atoms with Gasteiger partial charge in [0.15, 0.2) is 11.5 Å². The Morgan fingerprint density at radius 1 is 1.15 bits per heavy atom. The van der Waals surface area contributed by atoms with Crippen LogP contribution in [0.4, 0.5) is 0 Å². The van der Waals surface area contributed by atoms with E-state index in [9.17, 15) is 9.59 Å². The normalized spacial score (nSPS) is 14.5. The highest BCUT2D eigenvalue weighted by molar-refractivity contribution is 6.32. The lowest BCUT2D eigenvalue weighted by atomic mass is 10.2. The van der Waals surface area contributed by atoms with Crippen molar-refractivity contribution in [2.24, 2.45) is 0 Å². The highest BCUT2D eigenvalue weighted by Gasteiger charge is 2.24. The highest BCUT2D eigenvalue weighted by atomic mass is 16.5. The number of hydrogen-bond acceptors (Lipinski definition) is 7. The van der Waals surface area contributed by atoms with Crippen molar-refractivity contribution < 1.29 is 28.5 Å². The maximum Gasteiger partial charge on any atom is 0.397 e. The average Bonchev–Trinajstić information content (AvgIpc) is 2.71. The molecule has 150 valence electrons. The summed E-state index contributed by atoms with van der Waals surface area (Å²) in [6.45, 7) is 6.21. The smallest absolute Gasteiger partial charge is 0.397 e. The molecule has 0 bridgehead atoms. The molecule has 1 aliphatic heterocycles. The molecular formula is C19H28N2O6. The minimum atomic E-state index is -0.833. The molecule has 1 aromatic rings. The molecule has 1 heterocycles. The summed E-state index contributed by atoms with van der Waals surface area (Å²) < 4.78 is 20.8. The number of nitrogens with zero attached hydrogens (tertiary/aromatic N) is 2. The highest BCUT2D eigenvalue weighted by Crippen LogP contribution is 2.28. The molecule has 27 heavy (non-hydrogen) atoms. The van der Waals surface area contributed by atoms with Crippen LogP contribution in [0.5, 0.6) is 11.5 Å². The van der Waals surface area contributed by atoms with Crippen molar-refractivity contribution in [2.45, 2.75) is 13.5 Å². The lowest BCUT2D eigenvalue weighted by molar-refractivity contribution is -0.160. The molecule has 0 N–H and O–H groups in total. The van der Waals surface area contributed by atoms with Crippen LogP contribution < -0.4 is 9.47 Å². The van der Waals surface area contributed by atoms with Crippen LogP contribution in [0.25, 0.3) is 0 Å². The van der Waals surface area contributed by atoms with Crippen molar-refractivity contribution in [3.8, 4) is 11.5 Å². The summed E-state index contributed by atoms with van der Waals surface area (Å²) in [5.41, 5.74) is 0.840. The van der Waals surface area contributed by atoms with Gasteiger partial charge < -0.3 is 23.8 Å². The topological polar surface area (TPSA) is 77.5 Å². The fourth-order valence-corrected chi connectivity index (χ4v) is 2.86. The molecule has 8 nitrogen and oxygen atoms in total. The summed E-state index contributed by atoms with van der Waals surface area (Å²) in [4.78, 5) is 28.2. The molecule has 2 rings (SSSR count). The molecule has 1 fully saturated rings. The van der Waals surface area contributed by atoms with Crippen molar-refractivity contribution >= 4 is 11.9 Å². The number of carbonyl (C=O) groups is 2. The molecule has 1 aliphatic rings. The summed E-state index contributed by atoms with van der Waals surface area (Å²) in [5, 5.41) is 0. The zero-order valence-electron chi connectivity index (χ0n) is 16.2. The lowest BCUT2D eigenvalue weighted by Gasteiger charge is -2.29. The molecule has 1 amide bonds. The van der Waals surface area contributed by atoms with E-state index in [-0.39, 0.29) is 13.2 Å². The molecule has 0 unspecified atom stereocenters. The Hall–Kier alpha value is -2.32. The molecule has 0 atom stereocenters. The molecular weight excluding hydrogens is 352 g/mol.